The van der Waals surface area contributed by atoms with Gasteiger partial charge in [0.25, 0.3) is 0 Å². The summed E-state index contributed by atoms with van der Waals surface area (Å²) in [5.74, 6) is 0.851. The van der Waals surface area contributed by atoms with Crippen LogP contribution in [0.5, 0.6) is 0 Å². The molecule has 1 heterocycles. The molecule has 2 nitrogen and oxygen atoms in total. The number of aromatic nitrogens is 1. The maximum Gasteiger partial charge on any atom is 0.0394 e. The van der Waals surface area contributed by atoms with Gasteiger partial charge in [0.05, 0.1) is 0 Å². The molecule has 0 unspecified atom stereocenters. The van der Waals surface area contributed by atoms with Crippen molar-refractivity contribution in [1.29, 1.82) is 0 Å². The zero-order chi connectivity index (χ0) is 7.68. The fourth-order valence-electron chi connectivity index (χ4n) is 1.38. The highest BCUT2D eigenvalue weighted by Gasteiger charge is 2.19. The highest BCUT2D eigenvalue weighted by atomic mass is 15.3. The van der Waals surface area contributed by atoms with Gasteiger partial charge in [-0.05, 0) is 30.9 Å². The summed E-state index contributed by atoms with van der Waals surface area (Å²) in [5.41, 5.74) is 1.33. The molecule has 1 aliphatic carbocycles. The van der Waals surface area contributed by atoms with Crippen molar-refractivity contribution in [2.75, 3.05) is 0 Å². The van der Waals surface area contributed by atoms with Gasteiger partial charge in [-0.15, -0.1) is 0 Å². The number of rotatable bonds is 1. The highest BCUT2D eigenvalue weighted by Crippen LogP contribution is 2.23. The van der Waals surface area contributed by atoms with Gasteiger partial charge in [0, 0.05) is 18.1 Å². The third-order valence-corrected chi connectivity index (χ3v) is 2.01. The van der Waals surface area contributed by atoms with Crippen LogP contribution in [0, 0.1) is 5.92 Å². The van der Waals surface area contributed by atoms with Crippen molar-refractivity contribution in [2.45, 2.75) is 19.8 Å². The average molecular weight is 148 g/mol. The highest BCUT2D eigenvalue weighted by molar-refractivity contribution is 5.89. The van der Waals surface area contributed by atoms with Crippen LogP contribution in [0.4, 0.5) is 0 Å². The summed E-state index contributed by atoms with van der Waals surface area (Å²) in [6.45, 7) is 2.26. The van der Waals surface area contributed by atoms with Crippen molar-refractivity contribution in [3.63, 3.8) is 0 Å². The molecule has 11 heavy (non-hydrogen) atoms. The molecule has 58 valence electrons. The largest absolute Gasteiger partial charge is 0.248 e. The van der Waals surface area contributed by atoms with Crippen LogP contribution in [-0.4, -0.2) is 10.4 Å². The van der Waals surface area contributed by atoms with E-state index >= 15 is 0 Å². The van der Waals surface area contributed by atoms with Crippen LogP contribution in [0.1, 0.15) is 19.8 Å². The third kappa shape index (κ3) is 1.34. The van der Waals surface area contributed by atoms with Gasteiger partial charge in [-0.25, -0.2) is 4.68 Å². The van der Waals surface area contributed by atoms with E-state index in [0.29, 0.717) is 0 Å². The van der Waals surface area contributed by atoms with E-state index in [1.165, 1.54) is 18.6 Å². The second-order valence-corrected chi connectivity index (χ2v) is 3.24. The molecule has 0 bridgehead atoms. The first-order valence-corrected chi connectivity index (χ1v) is 4.04. The predicted octanol–water partition coefficient (Wildman–Crippen LogP) is 2.12. The molecule has 2 rings (SSSR count). The summed E-state index contributed by atoms with van der Waals surface area (Å²) >= 11 is 0. The molecule has 0 spiro atoms. The van der Waals surface area contributed by atoms with Gasteiger partial charge in [-0.2, -0.15) is 5.10 Å². The Morgan fingerprint density at radius 2 is 2.00 bits per heavy atom. The maximum atomic E-state index is 4.41. The quantitative estimate of drug-likeness (QED) is 0.580. The van der Waals surface area contributed by atoms with Gasteiger partial charge >= 0.3 is 0 Å². The Labute approximate surface area is 66.5 Å². The summed E-state index contributed by atoms with van der Waals surface area (Å²) < 4.78 is 1.88. The second kappa shape index (κ2) is 2.53. The Balaban J connectivity index is 2.06. The lowest BCUT2D eigenvalue weighted by molar-refractivity contribution is 0.547. The molecule has 0 amide bonds. The summed E-state index contributed by atoms with van der Waals surface area (Å²) in [6, 6.07) is 3.98. The van der Waals surface area contributed by atoms with E-state index in [0.717, 1.165) is 5.92 Å². The normalized spacial score (nSPS) is 23.0. The average Bonchev–Trinajstić information content (AvgIpc) is 2.36. The van der Waals surface area contributed by atoms with Crippen LogP contribution in [0.15, 0.2) is 29.6 Å². The van der Waals surface area contributed by atoms with Crippen molar-refractivity contribution in [2.24, 2.45) is 11.0 Å². The molecule has 0 saturated heterocycles. The van der Waals surface area contributed by atoms with E-state index < -0.39 is 0 Å². The van der Waals surface area contributed by atoms with E-state index in [1.807, 2.05) is 29.2 Å². The van der Waals surface area contributed by atoms with Crippen molar-refractivity contribution >= 4 is 5.71 Å². The Morgan fingerprint density at radius 1 is 1.36 bits per heavy atom. The zero-order valence-corrected chi connectivity index (χ0v) is 6.70. The van der Waals surface area contributed by atoms with Gasteiger partial charge in [0.1, 0.15) is 0 Å². The first kappa shape index (κ1) is 6.65. The molecular formula is C9H12N2. The first-order chi connectivity index (χ1) is 5.34. The molecular weight excluding hydrogens is 136 g/mol. The van der Waals surface area contributed by atoms with E-state index in [1.54, 1.807) is 0 Å². The molecule has 1 saturated carbocycles. The minimum atomic E-state index is 0.851. The van der Waals surface area contributed by atoms with Crippen LogP contribution >= 0.6 is 0 Å². The fourth-order valence-corrected chi connectivity index (χ4v) is 1.38. The van der Waals surface area contributed by atoms with Gasteiger partial charge in [0.15, 0.2) is 0 Å². The summed E-state index contributed by atoms with van der Waals surface area (Å²) in [6.07, 6.45) is 6.29. The van der Waals surface area contributed by atoms with E-state index in [4.69, 9.17) is 0 Å². The minimum absolute atomic E-state index is 0.851. The molecule has 1 aromatic rings. The second-order valence-electron chi connectivity index (χ2n) is 3.24. The Bertz CT molecular complexity index is 251. The maximum absolute atomic E-state index is 4.41. The van der Waals surface area contributed by atoms with E-state index in [2.05, 4.69) is 12.0 Å². The minimum Gasteiger partial charge on any atom is -0.248 e. The van der Waals surface area contributed by atoms with Crippen LogP contribution in [0.2, 0.25) is 0 Å². The van der Waals surface area contributed by atoms with Crippen LogP contribution in [-0.2, 0) is 0 Å². The van der Waals surface area contributed by atoms with Gasteiger partial charge < -0.3 is 0 Å². The number of nitrogens with zero attached hydrogens (tertiary/aromatic N) is 2. The fraction of sp³-hybridized carbons (Fsp3) is 0.444. The molecule has 2 heteroatoms. The Kier molecular flexibility index (Phi) is 1.53. The topological polar surface area (TPSA) is 17.3 Å². The first-order valence-electron chi connectivity index (χ1n) is 4.04. The smallest absolute Gasteiger partial charge is 0.0394 e. The van der Waals surface area contributed by atoms with Crippen LogP contribution < -0.4 is 0 Å². The summed E-state index contributed by atoms with van der Waals surface area (Å²) in [7, 11) is 0. The van der Waals surface area contributed by atoms with Crippen LogP contribution in [0.25, 0.3) is 0 Å². The SMILES string of the molecule is CC1CC(=Nn2cccc2)C1. The van der Waals surface area contributed by atoms with Crippen molar-refractivity contribution in [3.05, 3.63) is 24.5 Å². The lowest BCUT2D eigenvalue weighted by atomic mass is 9.85. The molecule has 1 aliphatic rings. The molecule has 1 fully saturated rings. The van der Waals surface area contributed by atoms with Crippen molar-refractivity contribution in [3.8, 4) is 0 Å². The van der Waals surface area contributed by atoms with E-state index in [9.17, 15) is 0 Å². The summed E-state index contributed by atoms with van der Waals surface area (Å²) in [5, 5.41) is 4.41. The molecule has 0 atom stereocenters. The summed E-state index contributed by atoms with van der Waals surface area (Å²) in [4.78, 5) is 0. The Hall–Kier alpha value is -1.05. The molecule has 0 N–H and O–H groups in total. The standard InChI is InChI=1S/C9H12N2/c1-8-6-9(7-8)10-11-4-2-3-5-11/h2-5,8H,6-7H2,1H3. The lowest BCUT2D eigenvalue weighted by Crippen LogP contribution is -2.21. The molecule has 0 radical (unpaired) electrons. The monoisotopic (exact) mass is 148 g/mol. The number of hydrogen-bond donors (Lipinski definition) is 0. The molecule has 0 aliphatic heterocycles. The number of hydrogen-bond acceptors (Lipinski definition) is 1. The Morgan fingerprint density at radius 3 is 2.55 bits per heavy atom. The van der Waals surface area contributed by atoms with Gasteiger partial charge in [-0.1, -0.05) is 6.92 Å². The predicted molar refractivity (Wildman–Crippen MR) is 45.7 cm³/mol. The van der Waals surface area contributed by atoms with Crippen molar-refractivity contribution < 1.29 is 0 Å². The zero-order valence-electron chi connectivity index (χ0n) is 6.70. The van der Waals surface area contributed by atoms with E-state index in [-0.39, 0.29) is 0 Å². The van der Waals surface area contributed by atoms with Gasteiger partial charge in [0.2, 0.25) is 0 Å². The molecule has 1 aromatic heterocycles. The third-order valence-electron chi connectivity index (χ3n) is 2.01. The lowest BCUT2D eigenvalue weighted by Gasteiger charge is -2.23. The molecule has 0 aromatic carbocycles. The van der Waals surface area contributed by atoms with Crippen molar-refractivity contribution in [1.82, 2.24) is 4.68 Å². The van der Waals surface area contributed by atoms with Gasteiger partial charge in [-0.3, -0.25) is 0 Å². The van der Waals surface area contributed by atoms with Crippen LogP contribution in [0.3, 0.4) is 0 Å².